The standard InChI is InChI=1S/C18H20N4OS2/c1-3-10-4-5-13-11(6-10)7-12-14(19)15(25-17(12)21-13)16(23)22-18-20-9(2)8-24-18/h7-8,10H,3-6,19H2,1-2H3,(H,20,22,23)/t10-/m1/s1. The summed E-state index contributed by atoms with van der Waals surface area (Å²) in [6.45, 7) is 4.14. The third-order valence-electron chi connectivity index (χ3n) is 4.81. The molecule has 0 spiro atoms. The Morgan fingerprint density at radius 3 is 3.00 bits per heavy atom. The molecule has 1 atom stereocenters. The van der Waals surface area contributed by atoms with Crippen LogP contribution in [0.2, 0.25) is 0 Å². The van der Waals surface area contributed by atoms with Gasteiger partial charge < -0.3 is 5.73 Å². The molecule has 7 heteroatoms. The predicted octanol–water partition coefficient (Wildman–Crippen LogP) is 4.41. The summed E-state index contributed by atoms with van der Waals surface area (Å²) in [4.78, 5) is 23.0. The summed E-state index contributed by atoms with van der Waals surface area (Å²) in [6.07, 6.45) is 4.46. The fraction of sp³-hybridized carbons (Fsp3) is 0.389. The predicted molar refractivity (Wildman–Crippen MR) is 105 cm³/mol. The maximum absolute atomic E-state index is 12.6. The SMILES string of the molecule is CC[C@@H]1CCc2nc3sc(C(=O)Nc4nc(C)cs4)c(N)c3cc2C1. The summed E-state index contributed by atoms with van der Waals surface area (Å²) < 4.78 is 0. The molecule has 1 aliphatic rings. The lowest BCUT2D eigenvalue weighted by Gasteiger charge is -2.22. The zero-order valence-corrected chi connectivity index (χ0v) is 15.9. The molecular formula is C18H20N4OS2. The largest absolute Gasteiger partial charge is 0.397 e. The van der Waals surface area contributed by atoms with Gasteiger partial charge in [0.1, 0.15) is 9.71 Å². The zero-order chi connectivity index (χ0) is 17.6. The van der Waals surface area contributed by atoms with Gasteiger partial charge in [-0.3, -0.25) is 10.1 Å². The molecule has 0 aliphatic heterocycles. The Balaban J connectivity index is 1.69. The van der Waals surface area contributed by atoms with Crippen LogP contribution in [-0.2, 0) is 12.8 Å². The topological polar surface area (TPSA) is 80.9 Å². The Morgan fingerprint density at radius 2 is 2.28 bits per heavy atom. The summed E-state index contributed by atoms with van der Waals surface area (Å²) in [5, 5.41) is 6.24. The number of thiophene rings is 1. The van der Waals surface area contributed by atoms with E-state index in [-0.39, 0.29) is 5.91 Å². The first kappa shape index (κ1) is 16.5. The lowest BCUT2D eigenvalue weighted by atomic mass is 9.85. The molecule has 0 unspecified atom stereocenters. The second-order valence-electron chi connectivity index (χ2n) is 6.56. The molecule has 5 nitrogen and oxygen atoms in total. The number of nitrogens with one attached hydrogen (secondary N) is 1. The molecule has 0 saturated carbocycles. The van der Waals surface area contributed by atoms with Gasteiger partial charge in [0, 0.05) is 16.5 Å². The van der Waals surface area contributed by atoms with Crippen molar-refractivity contribution in [1.29, 1.82) is 0 Å². The van der Waals surface area contributed by atoms with Gasteiger partial charge >= 0.3 is 0 Å². The second-order valence-corrected chi connectivity index (χ2v) is 8.41. The highest BCUT2D eigenvalue weighted by molar-refractivity contribution is 7.21. The van der Waals surface area contributed by atoms with Crippen LogP contribution in [0.3, 0.4) is 0 Å². The van der Waals surface area contributed by atoms with Crippen molar-refractivity contribution >= 4 is 49.6 Å². The lowest BCUT2D eigenvalue weighted by Crippen LogP contribution is -2.14. The molecule has 0 aromatic carbocycles. The van der Waals surface area contributed by atoms with Gasteiger partial charge in [-0.15, -0.1) is 22.7 Å². The van der Waals surface area contributed by atoms with E-state index >= 15 is 0 Å². The van der Waals surface area contributed by atoms with Crippen molar-refractivity contribution in [2.45, 2.75) is 39.5 Å². The number of hydrogen-bond donors (Lipinski definition) is 2. The zero-order valence-electron chi connectivity index (χ0n) is 14.3. The molecule has 130 valence electrons. The van der Waals surface area contributed by atoms with E-state index in [1.165, 1.54) is 46.8 Å². The number of anilines is 2. The van der Waals surface area contributed by atoms with Crippen molar-refractivity contribution in [3.05, 3.63) is 33.3 Å². The Hall–Kier alpha value is -1.99. The molecule has 0 saturated heterocycles. The molecule has 1 aliphatic carbocycles. The van der Waals surface area contributed by atoms with Crippen molar-refractivity contribution in [2.24, 2.45) is 5.92 Å². The van der Waals surface area contributed by atoms with Crippen LogP contribution in [0.15, 0.2) is 11.4 Å². The van der Waals surface area contributed by atoms with Crippen LogP contribution in [0.4, 0.5) is 10.8 Å². The van der Waals surface area contributed by atoms with Gasteiger partial charge in [-0.05, 0) is 43.7 Å². The van der Waals surface area contributed by atoms with E-state index in [1.807, 2.05) is 12.3 Å². The fourth-order valence-electron chi connectivity index (χ4n) is 3.35. The summed E-state index contributed by atoms with van der Waals surface area (Å²) >= 11 is 2.78. The first-order valence-electron chi connectivity index (χ1n) is 8.49. The molecule has 3 N–H and O–H groups in total. The van der Waals surface area contributed by atoms with Crippen LogP contribution < -0.4 is 11.1 Å². The molecule has 0 bridgehead atoms. The number of amides is 1. The van der Waals surface area contributed by atoms with Crippen LogP contribution in [0.5, 0.6) is 0 Å². The van der Waals surface area contributed by atoms with E-state index in [1.54, 1.807) is 0 Å². The number of rotatable bonds is 3. The third kappa shape index (κ3) is 3.02. The molecule has 25 heavy (non-hydrogen) atoms. The number of thiazole rings is 1. The number of nitrogens with zero attached hydrogens (tertiary/aromatic N) is 2. The molecule has 3 aromatic heterocycles. The minimum Gasteiger partial charge on any atom is -0.397 e. The molecule has 4 rings (SSSR count). The van der Waals surface area contributed by atoms with Gasteiger partial charge in [-0.1, -0.05) is 13.3 Å². The summed E-state index contributed by atoms with van der Waals surface area (Å²) in [5.41, 5.74) is 10.2. The van der Waals surface area contributed by atoms with Gasteiger partial charge in [-0.2, -0.15) is 0 Å². The van der Waals surface area contributed by atoms with Crippen molar-refractivity contribution in [3.63, 3.8) is 0 Å². The van der Waals surface area contributed by atoms with Crippen molar-refractivity contribution in [2.75, 3.05) is 11.1 Å². The number of nitrogens with two attached hydrogens (primary N) is 1. The van der Waals surface area contributed by atoms with Gasteiger partial charge in [0.15, 0.2) is 5.13 Å². The molecule has 1 amide bonds. The average molecular weight is 373 g/mol. The number of aromatic nitrogens is 2. The monoisotopic (exact) mass is 372 g/mol. The minimum atomic E-state index is -0.209. The Labute approximate surface area is 154 Å². The number of hydrogen-bond acceptors (Lipinski definition) is 6. The van der Waals surface area contributed by atoms with Crippen LogP contribution in [0.25, 0.3) is 10.2 Å². The van der Waals surface area contributed by atoms with E-state index in [0.29, 0.717) is 15.7 Å². The van der Waals surface area contributed by atoms with E-state index in [9.17, 15) is 4.79 Å². The number of carbonyl (C=O) groups is 1. The van der Waals surface area contributed by atoms with Crippen molar-refractivity contribution in [3.8, 4) is 0 Å². The van der Waals surface area contributed by atoms with E-state index < -0.39 is 0 Å². The van der Waals surface area contributed by atoms with Crippen LogP contribution in [0.1, 0.15) is 46.4 Å². The Morgan fingerprint density at radius 1 is 1.44 bits per heavy atom. The summed E-state index contributed by atoms with van der Waals surface area (Å²) in [6, 6.07) is 2.15. The molecular weight excluding hydrogens is 352 g/mol. The lowest BCUT2D eigenvalue weighted by molar-refractivity contribution is 0.103. The molecule has 0 fully saturated rings. The maximum Gasteiger partial charge on any atom is 0.269 e. The average Bonchev–Trinajstić information content (AvgIpc) is 3.16. The summed E-state index contributed by atoms with van der Waals surface area (Å²) in [7, 11) is 0. The number of nitrogen functional groups attached to an aromatic ring is 1. The molecule has 3 aromatic rings. The highest BCUT2D eigenvalue weighted by Crippen LogP contribution is 2.37. The molecule has 3 heterocycles. The highest BCUT2D eigenvalue weighted by atomic mass is 32.1. The number of pyridine rings is 1. The Kier molecular flexibility index (Phi) is 4.21. The smallest absolute Gasteiger partial charge is 0.269 e. The minimum absolute atomic E-state index is 0.209. The summed E-state index contributed by atoms with van der Waals surface area (Å²) in [5.74, 6) is 0.516. The van der Waals surface area contributed by atoms with Gasteiger partial charge in [0.05, 0.1) is 11.4 Å². The van der Waals surface area contributed by atoms with Crippen molar-refractivity contribution in [1.82, 2.24) is 9.97 Å². The van der Waals surface area contributed by atoms with Crippen LogP contribution in [0, 0.1) is 12.8 Å². The van der Waals surface area contributed by atoms with E-state index in [0.717, 1.165) is 34.7 Å². The van der Waals surface area contributed by atoms with E-state index in [4.69, 9.17) is 10.7 Å². The number of aryl methyl sites for hydroxylation is 2. The first-order valence-corrected chi connectivity index (χ1v) is 10.2. The third-order valence-corrected chi connectivity index (χ3v) is 6.80. The second kappa shape index (κ2) is 6.38. The van der Waals surface area contributed by atoms with Gasteiger partial charge in [-0.25, -0.2) is 9.97 Å². The first-order chi connectivity index (χ1) is 12.0. The van der Waals surface area contributed by atoms with Crippen LogP contribution >= 0.6 is 22.7 Å². The number of carbonyl (C=O) groups excluding carboxylic acids is 1. The Bertz CT molecular complexity index is 960. The van der Waals surface area contributed by atoms with Gasteiger partial charge in [0.2, 0.25) is 0 Å². The van der Waals surface area contributed by atoms with E-state index in [2.05, 4.69) is 23.3 Å². The fourth-order valence-corrected chi connectivity index (χ4v) is 5.02. The van der Waals surface area contributed by atoms with Crippen LogP contribution in [-0.4, -0.2) is 15.9 Å². The normalized spacial score (nSPS) is 16.8. The van der Waals surface area contributed by atoms with Gasteiger partial charge in [0.25, 0.3) is 5.91 Å². The van der Waals surface area contributed by atoms with Crippen molar-refractivity contribution < 1.29 is 4.79 Å². The number of fused-ring (bicyclic) bond motifs is 2. The maximum atomic E-state index is 12.6. The quantitative estimate of drug-likeness (QED) is 0.713. The highest BCUT2D eigenvalue weighted by Gasteiger charge is 2.23. The molecule has 0 radical (unpaired) electrons.